The van der Waals surface area contributed by atoms with Crippen molar-refractivity contribution >= 4 is 28.2 Å². The first kappa shape index (κ1) is 7.72. The lowest BCUT2D eigenvalue weighted by Crippen LogP contribution is -1.87. The topological polar surface area (TPSA) is 12.9 Å². The third-order valence-corrected chi connectivity index (χ3v) is 2.03. The zero-order chi connectivity index (χ0) is 7.56. The van der Waals surface area contributed by atoms with Crippen LogP contribution in [0.2, 0.25) is 0 Å². The first-order chi connectivity index (χ1) is 4.72. The molecule has 10 heavy (non-hydrogen) atoms. The minimum atomic E-state index is 1.00. The molecule has 0 aliphatic heterocycles. The fourth-order valence-corrected chi connectivity index (χ4v) is 1.51. The van der Waals surface area contributed by atoms with Crippen molar-refractivity contribution in [2.75, 3.05) is 0 Å². The van der Waals surface area contributed by atoms with Crippen molar-refractivity contribution in [2.24, 2.45) is 0 Å². The van der Waals surface area contributed by atoms with Gasteiger partial charge in [0.2, 0.25) is 0 Å². The molecular weight excluding hydrogens is 237 g/mol. The molecule has 52 valence electrons. The largest absolute Gasteiger partial charge is 0.256 e. The number of rotatable bonds is 1. The fraction of sp³-hybridized carbons (Fsp3) is 0.125. The number of nitrogens with zero attached hydrogens (tertiary/aromatic N) is 1. The highest BCUT2D eigenvalue weighted by atomic mass is 127. The normalized spacial score (nSPS) is 9.40. The lowest BCUT2D eigenvalue weighted by atomic mass is 10.2. The van der Waals surface area contributed by atoms with Gasteiger partial charge in [0.1, 0.15) is 0 Å². The average Bonchev–Trinajstić information content (AvgIpc) is 1.88. The average molecular weight is 245 g/mol. The van der Waals surface area contributed by atoms with Crippen molar-refractivity contribution in [1.82, 2.24) is 4.98 Å². The molecule has 1 aromatic heterocycles. The maximum atomic E-state index is 4.17. The quantitative estimate of drug-likeness (QED) is 0.693. The maximum Gasteiger partial charge on any atom is 0.0786 e. The molecule has 0 N–H and O–H groups in total. The van der Waals surface area contributed by atoms with Crippen LogP contribution in [0.3, 0.4) is 0 Å². The second-order valence-electron chi connectivity index (χ2n) is 2.11. The Morgan fingerprint density at radius 2 is 2.40 bits per heavy atom. The van der Waals surface area contributed by atoms with Gasteiger partial charge in [-0.05, 0) is 47.2 Å². The Hall–Kier alpha value is -0.380. The second-order valence-corrected chi connectivity index (χ2v) is 3.28. The molecule has 1 rings (SSSR count). The molecule has 0 amide bonds. The predicted octanol–water partition coefficient (Wildman–Crippen LogP) is 2.72. The van der Waals surface area contributed by atoms with Crippen LogP contribution in [0.4, 0.5) is 0 Å². The van der Waals surface area contributed by atoms with E-state index in [1.807, 2.05) is 19.1 Å². The molecule has 0 aliphatic rings. The first-order valence-corrected chi connectivity index (χ1v) is 4.06. The summed E-state index contributed by atoms with van der Waals surface area (Å²) >= 11 is 2.25. The van der Waals surface area contributed by atoms with E-state index in [1.54, 1.807) is 6.20 Å². The van der Waals surface area contributed by atoms with Crippen LogP contribution < -0.4 is 0 Å². The number of hydrogen-bond acceptors (Lipinski definition) is 1. The molecule has 0 saturated heterocycles. The molecule has 1 heterocycles. The van der Waals surface area contributed by atoms with Crippen LogP contribution in [0.15, 0.2) is 24.9 Å². The smallest absolute Gasteiger partial charge is 0.0786 e. The molecule has 0 saturated carbocycles. The van der Waals surface area contributed by atoms with E-state index in [1.165, 1.54) is 0 Å². The van der Waals surface area contributed by atoms with E-state index >= 15 is 0 Å². The van der Waals surface area contributed by atoms with Crippen molar-refractivity contribution in [1.29, 1.82) is 0 Å². The summed E-state index contributed by atoms with van der Waals surface area (Å²) < 4.78 is 1.16. The summed E-state index contributed by atoms with van der Waals surface area (Å²) in [6.07, 6.45) is 1.78. The van der Waals surface area contributed by atoms with Crippen LogP contribution in [0.1, 0.15) is 12.6 Å². The number of allylic oxidation sites excluding steroid dienone is 1. The van der Waals surface area contributed by atoms with Gasteiger partial charge in [0.25, 0.3) is 0 Å². The Kier molecular flexibility index (Phi) is 2.43. The van der Waals surface area contributed by atoms with Gasteiger partial charge in [-0.25, -0.2) is 0 Å². The van der Waals surface area contributed by atoms with Gasteiger partial charge in [0.15, 0.2) is 0 Å². The van der Waals surface area contributed by atoms with Crippen LogP contribution in [0.5, 0.6) is 0 Å². The lowest BCUT2D eigenvalue weighted by Gasteiger charge is -1.99. The van der Waals surface area contributed by atoms with Gasteiger partial charge >= 0.3 is 0 Å². The highest BCUT2D eigenvalue weighted by molar-refractivity contribution is 14.1. The Morgan fingerprint density at radius 3 is 2.80 bits per heavy atom. The van der Waals surface area contributed by atoms with Gasteiger partial charge in [-0.3, -0.25) is 4.98 Å². The molecule has 2 heteroatoms. The summed E-state index contributed by atoms with van der Waals surface area (Å²) in [5, 5.41) is 0. The molecule has 1 nitrogen and oxygen atoms in total. The number of hydrogen-bond donors (Lipinski definition) is 0. The number of halogens is 1. The summed E-state index contributed by atoms with van der Waals surface area (Å²) in [6, 6.07) is 3.95. The highest BCUT2D eigenvalue weighted by Crippen LogP contribution is 2.15. The molecule has 0 fully saturated rings. The molecule has 0 aromatic carbocycles. The number of pyridine rings is 1. The Morgan fingerprint density at radius 1 is 1.70 bits per heavy atom. The Balaban J connectivity index is 3.15. The maximum absolute atomic E-state index is 4.17. The standard InChI is InChI=1S/C8H8IN/c1-6(2)8-7(9)4-3-5-10-8/h3-5H,1H2,2H3. The Labute approximate surface area is 74.3 Å². The van der Waals surface area contributed by atoms with Gasteiger partial charge in [-0.1, -0.05) is 6.58 Å². The van der Waals surface area contributed by atoms with E-state index in [-0.39, 0.29) is 0 Å². The van der Waals surface area contributed by atoms with E-state index in [4.69, 9.17) is 0 Å². The summed E-state index contributed by atoms with van der Waals surface area (Å²) in [7, 11) is 0. The SMILES string of the molecule is C=C(C)c1ncccc1I. The molecule has 0 bridgehead atoms. The van der Waals surface area contributed by atoms with E-state index in [2.05, 4.69) is 34.2 Å². The molecule has 0 spiro atoms. The first-order valence-electron chi connectivity index (χ1n) is 2.98. The van der Waals surface area contributed by atoms with Crippen LogP contribution in [0, 0.1) is 3.57 Å². The van der Waals surface area contributed by atoms with E-state index in [0.717, 1.165) is 14.8 Å². The zero-order valence-corrected chi connectivity index (χ0v) is 7.92. The molecule has 1 aromatic rings. The van der Waals surface area contributed by atoms with Crippen LogP contribution >= 0.6 is 22.6 Å². The minimum absolute atomic E-state index is 1.00. The third kappa shape index (κ3) is 1.56. The van der Waals surface area contributed by atoms with Crippen molar-refractivity contribution in [3.63, 3.8) is 0 Å². The van der Waals surface area contributed by atoms with Crippen molar-refractivity contribution < 1.29 is 0 Å². The van der Waals surface area contributed by atoms with Crippen molar-refractivity contribution in [3.8, 4) is 0 Å². The van der Waals surface area contributed by atoms with E-state index in [9.17, 15) is 0 Å². The molecule has 0 atom stereocenters. The van der Waals surface area contributed by atoms with Gasteiger partial charge in [0, 0.05) is 9.77 Å². The fourth-order valence-electron chi connectivity index (χ4n) is 0.700. The monoisotopic (exact) mass is 245 g/mol. The highest BCUT2D eigenvalue weighted by Gasteiger charge is 1.97. The second kappa shape index (κ2) is 3.14. The zero-order valence-electron chi connectivity index (χ0n) is 5.76. The van der Waals surface area contributed by atoms with Crippen molar-refractivity contribution in [2.45, 2.75) is 6.92 Å². The summed E-state index contributed by atoms with van der Waals surface area (Å²) in [6.45, 7) is 5.78. The summed E-state index contributed by atoms with van der Waals surface area (Å²) in [5.41, 5.74) is 2.02. The minimum Gasteiger partial charge on any atom is -0.256 e. The number of aromatic nitrogens is 1. The lowest BCUT2D eigenvalue weighted by molar-refractivity contribution is 1.25. The Bertz CT molecular complexity index is 255. The van der Waals surface area contributed by atoms with Gasteiger partial charge in [-0.15, -0.1) is 0 Å². The van der Waals surface area contributed by atoms with E-state index < -0.39 is 0 Å². The summed E-state index contributed by atoms with van der Waals surface area (Å²) in [4.78, 5) is 4.17. The third-order valence-electron chi connectivity index (χ3n) is 1.16. The van der Waals surface area contributed by atoms with Gasteiger partial charge in [0.05, 0.1) is 5.69 Å². The molecule has 0 unspecified atom stereocenters. The van der Waals surface area contributed by atoms with E-state index in [0.29, 0.717) is 0 Å². The van der Waals surface area contributed by atoms with Crippen LogP contribution in [-0.2, 0) is 0 Å². The summed E-state index contributed by atoms with van der Waals surface area (Å²) in [5.74, 6) is 0. The predicted molar refractivity (Wildman–Crippen MR) is 51.7 cm³/mol. The van der Waals surface area contributed by atoms with Crippen molar-refractivity contribution in [3.05, 3.63) is 34.2 Å². The molecular formula is C8H8IN. The molecule has 0 aliphatic carbocycles. The van der Waals surface area contributed by atoms with Gasteiger partial charge in [-0.2, -0.15) is 0 Å². The van der Waals surface area contributed by atoms with Crippen LogP contribution in [-0.4, -0.2) is 4.98 Å². The van der Waals surface area contributed by atoms with Gasteiger partial charge < -0.3 is 0 Å². The molecule has 0 radical (unpaired) electrons. The van der Waals surface area contributed by atoms with Crippen LogP contribution in [0.25, 0.3) is 5.57 Å².